The van der Waals surface area contributed by atoms with Crippen molar-refractivity contribution in [3.8, 4) is 0 Å². The third-order valence-electron chi connectivity index (χ3n) is 6.59. The highest BCUT2D eigenvalue weighted by atomic mass is 32.2. The Labute approximate surface area is 169 Å². The van der Waals surface area contributed by atoms with Gasteiger partial charge in [0.1, 0.15) is 4.21 Å². The highest BCUT2D eigenvalue weighted by molar-refractivity contribution is 7.94. The largest absolute Gasteiger partial charge is 0.347 e. The van der Waals surface area contributed by atoms with Crippen molar-refractivity contribution in [1.29, 1.82) is 0 Å². The molecule has 0 atom stereocenters. The van der Waals surface area contributed by atoms with Gasteiger partial charge in [-0.3, -0.25) is 9.52 Å². The number of amides is 1. The van der Waals surface area contributed by atoms with Crippen LogP contribution >= 0.6 is 11.3 Å². The molecule has 6 rings (SSSR count). The van der Waals surface area contributed by atoms with Gasteiger partial charge in [-0.2, -0.15) is 0 Å². The molecule has 1 aromatic heterocycles. The minimum atomic E-state index is -3.69. The van der Waals surface area contributed by atoms with Gasteiger partial charge in [0.2, 0.25) is 0 Å². The molecule has 0 aliphatic heterocycles. The Balaban J connectivity index is 1.39. The average molecular weight is 417 g/mol. The van der Waals surface area contributed by atoms with Crippen LogP contribution in [0, 0.1) is 17.8 Å². The number of hydrogen-bond acceptors (Lipinski definition) is 4. The molecule has 7 heteroatoms. The maximum atomic E-state index is 13.2. The Morgan fingerprint density at radius 2 is 1.61 bits per heavy atom. The van der Waals surface area contributed by atoms with Gasteiger partial charge in [0, 0.05) is 5.54 Å². The van der Waals surface area contributed by atoms with E-state index in [2.05, 4.69) is 10.0 Å². The molecule has 0 saturated heterocycles. The Morgan fingerprint density at radius 1 is 0.964 bits per heavy atom. The lowest BCUT2D eigenvalue weighted by Gasteiger charge is -2.56. The number of thiophene rings is 1. The zero-order chi connectivity index (χ0) is 19.4. The summed E-state index contributed by atoms with van der Waals surface area (Å²) in [6.07, 6.45) is 7.13. The van der Waals surface area contributed by atoms with Crippen molar-refractivity contribution in [2.75, 3.05) is 4.72 Å². The molecule has 1 aromatic carbocycles. The second kappa shape index (κ2) is 6.59. The first kappa shape index (κ1) is 18.2. The molecule has 2 N–H and O–H groups in total. The summed E-state index contributed by atoms with van der Waals surface area (Å²) in [4.78, 5) is 13.2. The lowest BCUT2D eigenvalue weighted by Crippen LogP contribution is -2.59. The van der Waals surface area contributed by atoms with Crippen LogP contribution in [-0.4, -0.2) is 19.9 Å². The summed E-state index contributed by atoms with van der Waals surface area (Å²) in [5, 5.41) is 5.05. The smallest absolute Gasteiger partial charge is 0.271 e. The van der Waals surface area contributed by atoms with E-state index in [0.29, 0.717) is 11.3 Å². The number of rotatable bonds is 5. The number of benzene rings is 1. The maximum absolute atomic E-state index is 13.2. The van der Waals surface area contributed by atoms with Gasteiger partial charge in [0.25, 0.3) is 15.9 Å². The first-order valence-corrected chi connectivity index (χ1v) is 12.3. The quantitative estimate of drug-likeness (QED) is 0.765. The van der Waals surface area contributed by atoms with Gasteiger partial charge < -0.3 is 5.32 Å². The Hall–Kier alpha value is -1.86. The van der Waals surface area contributed by atoms with Crippen LogP contribution in [0.25, 0.3) is 0 Å². The van der Waals surface area contributed by atoms with E-state index >= 15 is 0 Å². The van der Waals surface area contributed by atoms with Crippen molar-refractivity contribution >= 4 is 33.0 Å². The molecular weight excluding hydrogens is 392 g/mol. The lowest BCUT2D eigenvalue weighted by molar-refractivity contribution is -0.0166. The maximum Gasteiger partial charge on any atom is 0.271 e. The monoisotopic (exact) mass is 416 g/mol. The molecule has 4 fully saturated rings. The molecule has 4 bridgehead atoms. The van der Waals surface area contributed by atoms with Crippen LogP contribution in [0.1, 0.15) is 48.9 Å². The van der Waals surface area contributed by atoms with Crippen molar-refractivity contribution < 1.29 is 13.2 Å². The van der Waals surface area contributed by atoms with E-state index in [9.17, 15) is 13.2 Å². The highest BCUT2D eigenvalue weighted by Gasteiger charge is 2.51. The number of sulfonamides is 1. The fraction of sp³-hybridized carbons (Fsp3) is 0.476. The second-order valence-corrected chi connectivity index (χ2v) is 11.6. The van der Waals surface area contributed by atoms with Gasteiger partial charge in [-0.1, -0.05) is 18.2 Å². The third kappa shape index (κ3) is 3.24. The molecule has 0 unspecified atom stereocenters. The van der Waals surface area contributed by atoms with E-state index in [0.717, 1.165) is 48.4 Å². The molecule has 0 spiro atoms. The summed E-state index contributed by atoms with van der Waals surface area (Å²) in [5.74, 6) is 2.03. The molecule has 4 aliphatic rings. The first-order chi connectivity index (χ1) is 13.4. The molecule has 28 heavy (non-hydrogen) atoms. The van der Waals surface area contributed by atoms with E-state index < -0.39 is 10.0 Å². The predicted molar refractivity (Wildman–Crippen MR) is 110 cm³/mol. The highest BCUT2D eigenvalue weighted by Crippen LogP contribution is 2.55. The molecule has 1 amide bonds. The van der Waals surface area contributed by atoms with E-state index in [-0.39, 0.29) is 15.7 Å². The van der Waals surface area contributed by atoms with Crippen molar-refractivity contribution in [2.24, 2.45) is 17.8 Å². The van der Waals surface area contributed by atoms with Crippen LogP contribution in [0.5, 0.6) is 0 Å². The number of carbonyl (C=O) groups excluding carboxylic acids is 1. The predicted octanol–water partition coefficient (Wildman–Crippen LogP) is 4.25. The Bertz CT molecular complexity index is 963. The van der Waals surface area contributed by atoms with Gasteiger partial charge in [0.05, 0.1) is 11.3 Å². The summed E-state index contributed by atoms with van der Waals surface area (Å²) in [6.45, 7) is 0. The molecule has 5 nitrogen and oxygen atoms in total. The summed E-state index contributed by atoms with van der Waals surface area (Å²) in [7, 11) is -3.69. The van der Waals surface area contributed by atoms with Crippen LogP contribution in [0.3, 0.4) is 0 Å². The number of anilines is 1. The van der Waals surface area contributed by atoms with Gasteiger partial charge in [0.15, 0.2) is 0 Å². The Morgan fingerprint density at radius 3 is 2.21 bits per heavy atom. The lowest BCUT2D eigenvalue weighted by atomic mass is 9.53. The second-order valence-electron chi connectivity index (χ2n) is 8.74. The summed E-state index contributed by atoms with van der Waals surface area (Å²) in [6, 6.07) is 10.1. The number of hydrogen-bond donors (Lipinski definition) is 2. The first-order valence-electron chi connectivity index (χ1n) is 9.90. The molecule has 148 valence electrons. The van der Waals surface area contributed by atoms with Gasteiger partial charge >= 0.3 is 0 Å². The average Bonchev–Trinajstić information content (AvgIpc) is 3.16. The minimum absolute atomic E-state index is 0.106. The van der Waals surface area contributed by atoms with Crippen LogP contribution in [0.4, 0.5) is 5.69 Å². The number of para-hydroxylation sites is 1. The fourth-order valence-corrected chi connectivity index (χ4v) is 8.03. The fourth-order valence-electron chi connectivity index (χ4n) is 5.95. The summed E-state index contributed by atoms with van der Waals surface area (Å²) in [5.41, 5.74) is 0.613. The molecular formula is C21H24N2O3S2. The normalized spacial score (nSPS) is 30.9. The van der Waals surface area contributed by atoms with Crippen molar-refractivity contribution in [3.63, 3.8) is 0 Å². The molecule has 4 aliphatic carbocycles. The van der Waals surface area contributed by atoms with E-state index in [1.54, 1.807) is 41.8 Å². The van der Waals surface area contributed by atoms with Crippen LogP contribution < -0.4 is 10.0 Å². The molecule has 2 aromatic rings. The standard InChI is InChI=1S/C21H24N2O3S2/c24-20(22-21-11-14-8-15(12-21)10-16(9-14)13-21)17-4-1-2-5-18(17)23-28(25,26)19-6-3-7-27-19/h1-7,14-16,23H,8-13H2,(H,22,24). The summed E-state index contributed by atoms with van der Waals surface area (Å²) >= 11 is 1.16. The van der Waals surface area contributed by atoms with E-state index in [1.165, 1.54) is 19.3 Å². The van der Waals surface area contributed by atoms with Crippen LogP contribution in [-0.2, 0) is 10.0 Å². The molecule has 4 saturated carbocycles. The van der Waals surface area contributed by atoms with Crippen molar-refractivity contribution in [3.05, 3.63) is 47.3 Å². The zero-order valence-corrected chi connectivity index (χ0v) is 17.2. The molecule has 1 heterocycles. The molecule has 0 radical (unpaired) electrons. The van der Waals surface area contributed by atoms with Crippen molar-refractivity contribution in [1.82, 2.24) is 5.32 Å². The van der Waals surface area contributed by atoms with Crippen LogP contribution in [0.2, 0.25) is 0 Å². The van der Waals surface area contributed by atoms with Gasteiger partial charge in [-0.05, 0) is 79.9 Å². The summed E-state index contributed by atoms with van der Waals surface area (Å²) < 4.78 is 28.1. The zero-order valence-electron chi connectivity index (χ0n) is 15.6. The van der Waals surface area contributed by atoms with Crippen molar-refractivity contribution in [2.45, 2.75) is 48.3 Å². The third-order valence-corrected chi connectivity index (χ3v) is 9.36. The van der Waals surface area contributed by atoms with E-state index in [1.807, 2.05) is 0 Å². The van der Waals surface area contributed by atoms with Gasteiger partial charge in [-0.25, -0.2) is 8.42 Å². The van der Waals surface area contributed by atoms with Crippen LogP contribution in [0.15, 0.2) is 46.0 Å². The Kier molecular flexibility index (Phi) is 4.28. The SMILES string of the molecule is O=C(NC12CC3CC(CC(C3)C1)C2)c1ccccc1NS(=O)(=O)c1cccs1. The number of nitrogens with one attached hydrogen (secondary N) is 2. The number of carbonyl (C=O) groups is 1. The minimum Gasteiger partial charge on any atom is -0.347 e. The topological polar surface area (TPSA) is 75.3 Å². The van der Waals surface area contributed by atoms with Gasteiger partial charge in [-0.15, -0.1) is 11.3 Å². The van der Waals surface area contributed by atoms with E-state index in [4.69, 9.17) is 0 Å².